The average molecular weight is 339 g/mol. The van der Waals surface area contributed by atoms with Crippen LogP contribution >= 0.6 is 35.4 Å². The maximum Gasteiger partial charge on any atom is 0.219 e. The Labute approximate surface area is 134 Å². The predicted molar refractivity (Wildman–Crippen MR) is 84.6 cm³/mol. The van der Waals surface area contributed by atoms with Crippen LogP contribution in [0.5, 0.6) is 0 Å². The van der Waals surface area contributed by atoms with Crippen molar-refractivity contribution < 1.29 is 4.42 Å². The highest BCUT2D eigenvalue weighted by molar-refractivity contribution is 7.71. The van der Waals surface area contributed by atoms with E-state index >= 15 is 0 Å². The summed E-state index contributed by atoms with van der Waals surface area (Å²) in [5.41, 5.74) is 0.790. The van der Waals surface area contributed by atoms with Crippen molar-refractivity contribution in [3.63, 3.8) is 0 Å². The molecule has 5 nitrogen and oxygen atoms in total. The minimum Gasteiger partial charge on any atom is -0.461 e. The molecule has 1 aromatic carbocycles. The minimum absolute atomic E-state index is 0.359. The molecule has 0 aliphatic heterocycles. The first-order chi connectivity index (χ1) is 10.1. The van der Waals surface area contributed by atoms with Gasteiger partial charge in [-0.05, 0) is 42.0 Å². The van der Waals surface area contributed by atoms with Gasteiger partial charge in [0.15, 0.2) is 5.76 Å². The molecule has 3 rings (SSSR count). The van der Waals surface area contributed by atoms with E-state index in [-0.39, 0.29) is 0 Å². The van der Waals surface area contributed by atoms with Crippen LogP contribution in [-0.2, 0) is 0 Å². The Hall–Kier alpha value is -1.89. The van der Waals surface area contributed by atoms with Crippen molar-refractivity contribution >= 4 is 41.6 Å². The van der Waals surface area contributed by atoms with Crippen molar-refractivity contribution in [3.8, 4) is 11.6 Å². The van der Waals surface area contributed by atoms with Crippen LogP contribution in [0.4, 0.5) is 0 Å². The SMILES string of the molecule is S=c1[nH]nc(-c2ccco2)n1/N=C/c1ccc(Cl)c(Cl)c1. The van der Waals surface area contributed by atoms with Crippen molar-refractivity contribution in [1.29, 1.82) is 0 Å². The predicted octanol–water partition coefficient (Wildman–Crippen LogP) is 4.39. The molecule has 0 amide bonds. The fourth-order valence-corrected chi connectivity index (χ4v) is 2.17. The highest BCUT2D eigenvalue weighted by Gasteiger charge is 2.10. The van der Waals surface area contributed by atoms with Crippen molar-refractivity contribution in [2.75, 3.05) is 0 Å². The second kappa shape index (κ2) is 5.85. The number of aromatic nitrogens is 3. The number of halogens is 2. The van der Waals surface area contributed by atoms with Crippen molar-refractivity contribution in [2.24, 2.45) is 5.10 Å². The number of furan rings is 1. The van der Waals surface area contributed by atoms with Crippen molar-refractivity contribution in [2.45, 2.75) is 0 Å². The molecular weight excluding hydrogens is 331 g/mol. The summed E-state index contributed by atoms with van der Waals surface area (Å²) in [6, 6.07) is 8.75. The van der Waals surface area contributed by atoms with Crippen LogP contribution in [0.15, 0.2) is 46.1 Å². The molecule has 0 aliphatic carbocycles. The first kappa shape index (κ1) is 14.1. The Morgan fingerprint density at radius 2 is 2.14 bits per heavy atom. The summed E-state index contributed by atoms with van der Waals surface area (Å²) >= 11 is 17.0. The van der Waals surface area contributed by atoms with Gasteiger partial charge in [-0.15, -0.1) is 5.10 Å². The van der Waals surface area contributed by atoms with Crippen LogP contribution in [-0.4, -0.2) is 21.1 Å². The van der Waals surface area contributed by atoms with Crippen molar-refractivity contribution in [1.82, 2.24) is 14.9 Å². The van der Waals surface area contributed by atoms with E-state index in [1.54, 1.807) is 42.8 Å². The lowest BCUT2D eigenvalue weighted by Gasteiger charge is -1.99. The van der Waals surface area contributed by atoms with Crippen LogP contribution in [0, 0.1) is 4.77 Å². The topological polar surface area (TPSA) is 59.1 Å². The maximum atomic E-state index is 5.96. The zero-order valence-electron chi connectivity index (χ0n) is 10.5. The lowest BCUT2D eigenvalue weighted by Crippen LogP contribution is -1.94. The standard InChI is InChI=1S/C13H8Cl2N4OS/c14-9-4-3-8(6-10(9)15)7-16-19-12(17-18-13(19)21)11-2-1-5-20-11/h1-7H,(H,18,21)/b16-7+. The quantitative estimate of drug-likeness (QED) is 0.569. The molecule has 3 aromatic rings. The minimum atomic E-state index is 0.359. The summed E-state index contributed by atoms with van der Waals surface area (Å²) in [6.07, 6.45) is 3.17. The van der Waals surface area contributed by atoms with E-state index in [1.165, 1.54) is 4.68 Å². The van der Waals surface area contributed by atoms with Crippen molar-refractivity contribution in [3.05, 3.63) is 57.0 Å². The monoisotopic (exact) mass is 338 g/mol. The molecule has 0 unspecified atom stereocenters. The maximum absolute atomic E-state index is 5.96. The number of aromatic amines is 1. The van der Waals surface area contributed by atoms with Gasteiger partial charge in [0.1, 0.15) is 0 Å². The van der Waals surface area contributed by atoms with Gasteiger partial charge in [-0.25, -0.2) is 5.10 Å². The van der Waals surface area contributed by atoms with Crippen LogP contribution in [0.25, 0.3) is 11.6 Å². The Kier molecular flexibility index (Phi) is 3.92. The van der Waals surface area contributed by atoms with Gasteiger partial charge in [-0.3, -0.25) is 0 Å². The van der Waals surface area contributed by atoms with Crippen LogP contribution in [0.2, 0.25) is 10.0 Å². The van der Waals surface area contributed by atoms with Gasteiger partial charge in [0.05, 0.1) is 22.5 Å². The summed E-state index contributed by atoms with van der Waals surface area (Å²) in [6.45, 7) is 0. The molecule has 0 radical (unpaired) electrons. The number of nitrogens with zero attached hydrogens (tertiary/aromatic N) is 3. The third-order valence-electron chi connectivity index (χ3n) is 2.66. The molecule has 21 heavy (non-hydrogen) atoms. The van der Waals surface area contributed by atoms with Crippen LogP contribution in [0.3, 0.4) is 0 Å². The molecule has 1 N–H and O–H groups in total. The third-order valence-corrected chi connectivity index (χ3v) is 3.66. The number of H-pyrrole nitrogens is 1. The summed E-state index contributed by atoms with van der Waals surface area (Å²) in [7, 11) is 0. The van der Waals surface area contributed by atoms with Gasteiger partial charge >= 0.3 is 0 Å². The largest absolute Gasteiger partial charge is 0.461 e. The molecule has 0 saturated carbocycles. The van der Waals surface area contributed by atoms with Gasteiger partial charge < -0.3 is 4.42 Å². The third kappa shape index (κ3) is 2.92. The fraction of sp³-hybridized carbons (Fsp3) is 0. The molecular formula is C13H8Cl2N4OS. The Balaban J connectivity index is 1.98. The lowest BCUT2D eigenvalue weighted by molar-refractivity contribution is 0.573. The van der Waals surface area contributed by atoms with Gasteiger partial charge in [-0.2, -0.15) is 9.78 Å². The van der Waals surface area contributed by atoms with E-state index in [0.717, 1.165) is 5.56 Å². The zero-order chi connectivity index (χ0) is 14.8. The Morgan fingerprint density at radius 1 is 1.29 bits per heavy atom. The van der Waals surface area contributed by atoms with Crippen LogP contribution < -0.4 is 0 Å². The summed E-state index contributed by atoms with van der Waals surface area (Å²) in [5.74, 6) is 1.05. The fourth-order valence-electron chi connectivity index (χ4n) is 1.68. The Bertz CT molecular complexity index is 851. The molecule has 0 aliphatic rings. The van der Waals surface area contributed by atoms with Gasteiger partial charge in [-0.1, -0.05) is 29.3 Å². The van der Waals surface area contributed by atoms with Crippen LogP contribution in [0.1, 0.15) is 5.56 Å². The lowest BCUT2D eigenvalue weighted by atomic mass is 10.2. The molecule has 106 valence electrons. The normalized spacial score (nSPS) is 11.3. The molecule has 8 heteroatoms. The smallest absolute Gasteiger partial charge is 0.219 e. The first-order valence-electron chi connectivity index (χ1n) is 5.86. The molecule has 0 bridgehead atoms. The number of hydrogen-bond donors (Lipinski definition) is 1. The number of benzene rings is 1. The van der Waals surface area contributed by atoms with E-state index in [0.29, 0.717) is 26.4 Å². The van der Waals surface area contributed by atoms with E-state index < -0.39 is 0 Å². The van der Waals surface area contributed by atoms with E-state index in [4.69, 9.17) is 39.8 Å². The summed E-state index contributed by atoms with van der Waals surface area (Å²) in [5, 5.41) is 12.0. The number of nitrogens with one attached hydrogen (secondary N) is 1. The highest BCUT2D eigenvalue weighted by Crippen LogP contribution is 2.22. The van der Waals surface area contributed by atoms with E-state index in [2.05, 4.69) is 15.3 Å². The second-order valence-corrected chi connectivity index (χ2v) is 5.26. The molecule has 0 spiro atoms. The van der Waals surface area contributed by atoms with Gasteiger partial charge in [0.2, 0.25) is 10.6 Å². The highest BCUT2D eigenvalue weighted by atomic mass is 35.5. The molecule has 0 atom stereocenters. The molecule has 0 saturated heterocycles. The molecule has 2 heterocycles. The first-order valence-corrected chi connectivity index (χ1v) is 7.02. The van der Waals surface area contributed by atoms with Gasteiger partial charge in [0.25, 0.3) is 0 Å². The average Bonchev–Trinajstić information content (AvgIpc) is 3.10. The zero-order valence-corrected chi connectivity index (χ0v) is 12.8. The number of hydrogen-bond acceptors (Lipinski definition) is 4. The van der Waals surface area contributed by atoms with E-state index in [9.17, 15) is 0 Å². The molecule has 0 fully saturated rings. The van der Waals surface area contributed by atoms with E-state index in [1.807, 2.05) is 0 Å². The number of rotatable bonds is 3. The van der Waals surface area contributed by atoms with Gasteiger partial charge in [0, 0.05) is 0 Å². The molecule has 2 aromatic heterocycles. The summed E-state index contributed by atoms with van der Waals surface area (Å²) < 4.78 is 7.13. The summed E-state index contributed by atoms with van der Waals surface area (Å²) in [4.78, 5) is 0. The second-order valence-electron chi connectivity index (χ2n) is 4.06. The Morgan fingerprint density at radius 3 is 2.86 bits per heavy atom.